The molecular formula is C30H28F3N7O3. The second-order valence-corrected chi connectivity index (χ2v) is 10.1. The normalized spacial score (nSPS) is 14.0. The summed E-state index contributed by atoms with van der Waals surface area (Å²) in [7, 11) is 0. The minimum atomic E-state index is -4.76. The fourth-order valence-electron chi connectivity index (χ4n) is 4.76. The molecule has 1 atom stereocenters. The fraction of sp³-hybridized carbons (Fsp3) is 0.233. The van der Waals surface area contributed by atoms with Crippen molar-refractivity contribution < 1.29 is 27.5 Å². The van der Waals surface area contributed by atoms with Crippen molar-refractivity contribution in [1.29, 1.82) is 0 Å². The van der Waals surface area contributed by atoms with Gasteiger partial charge in [0.25, 0.3) is 5.91 Å². The van der Waals surface area contributed by atoms with Crippen LogP contribution in [0.15, 0.2) is 78.0 Å². The van der Waals surface area contributed by atoms with Gasteiger partial charge in [-0.3, -0.25) is 10.1 Å². The van der Waals surface area contributed by atoms with Gasteiger partial charge in [0.2, 0.25) is 5.96 Å². The number of amides is 3. The Morgan fingerprint density at radius 2 is 1.70 bits per heavy atom. The monoisotopic (exact) mass is 591 g/mol. The highest BCUT2D eigenvalue weighted by atomic mass is 19.4. The van der Waals surface area contributed by atoms with Crippen LogP contribution in [0, 0.1) is 13.8 Å². The summed E-state index contributed by atoms with van der Waals surface area (Å²) in [5.41, 5.74) is 4.74. The maximum absolute atomic E-state index is 12.8. The van der Waals surface area contributed by atoms with E-state index >= 15 is 0 Å². The van der Waals surface area contributed by atoms with Crippen LogP contribution in [0.4, 0.5) is 23.7 Å². The zero-order chi connectivity index (χ0) is 30.7. The molecule has 2 N–H and O–H groups in total. The molecule has 13 heteroatoms. The summed E-state index contributed by atoms with van der Waals surface area (Å²) >= 11 is 0. The second kappa shape index (κ2) is 12.0. The summed E-state index contributed by atoms with van der Waals surface area (Å²) in [6.45, 7) is 5.63. The molecule has 10 nitrogen and oxygen atoms in total. The predicted molar refractivity (Wildman–Crippen MR) is 154 cm³/mol. The first-order chi connectivity index (χ1) is 20.5. The van der Waals surface area contributed by atoms with Crippen molar-refractivity contribution in [3.8, 4) is 22.8 Å². The van der Waals surface area contributed by atoms with Crippen LogP contribution in [-0.2, 0) is 11.2 Å². The van der Waals surface area contributed by atoms with Crippen LogP contribution < -0.4 is 20.3 Å². The summed E-state index contributed by atoms with van der Waals surface area (Å²) in [6, 6.07) is 17.8. The number of benzene rings is 3. The van der Waals surface area contributed by atoms with Gasteiger partial charge in [-0.05, 0) is 68.1 Å². The number of para-hydroxylation sites is 1. The number of aromatic nitrogens is 3. The Hall–Kier alpha value is -5.20. The van der Waals surface area contributed by atoms with Gasteiger partial charge in [-0.15, -0.1) is 18.3 Å². The molecule has 4 aromatic rings. The highest BCUT2D eigenvalue weighted by molar-refractivity contribution is 6.24. The number of alkyl halides is 3. The van der Waals surface area contributed by atoms with Crippen molar-refractivity contribution >= 4 is 23.6 Å². The molecule has 222 valence electrons. The Bertz CT molecular complexity index is 1650. The number of halogens is 3. The van der Waals surface area contributed by atoms with E-state index in [1.165, 1.54) is 40.2 Å². The van der Waals surface area contributed by atoms with Gasteiger partial charge >= 0.3 is 12.4 Å². The maximum atomic E-state index is 12.8. The lowest BCUT2D eigenvalue weighted by atomic mass is 10.0. The number of rotatable bonds is 7. The first kappa shape index (κ1) is 29.3. The van der Waals surface area contributed by atoms with E-state index in [1.54, 1.807) is 0 Å². The lowest BCUT2D eigenvalue weighted by Gasteiger charge is -2.23. The van der Waals surface area contributed by atoms with E-state index in [1.807, 2.05) is 63.2 Å². The Morgan fingerprint density at radius 3 is 2.35 bits per heavy atom. The third kappa shape index (κ3) is 7.00. The average Bonchev–Trinajstić information content (AvgIpc) is 3.56. The Balaban J connectivity index is 1.17. The zero-order valence-corrected chi connectivity index (χ0v) is 23.5. The summed E-state index contributed by atoms with van der Waals surface area (Å²) in [6.07, 6.45) is -2.75. The van der Waals surface area contributed by atoms with E-state index in [4.69, 9.17) is 0 Å². The summed E-state index contributed by atoms with van der Waals surface area (Å²) < 4.78 is 42.5. The largest absolute Gasteiger partial charge is 0.573 e. The molecule has 0 radical (unpaired) electrons. The molecule has 0 spiro atoms. The van der Waals surface area contributed by atoms with Crippen molar-refractivity contribution in [2.75, 3.05) is 11.4 Å². The molecule has 43 heavy (non-hydrogen) atoms. The van der Waals surface area contributed by atoms with E-state index in [0.717, 1.165) is 22.3 Å². The molecule has 3 amide bonds. The smallest absolute Gasteiger partial charge is 0.406 e. The van der Waals surface area contributed by atoms with Gasteiger partial charge in [-0.2, -0.15) is 0 Å². The SMILES string of the molecule is Cc1cccc(C)c1N1C(=O)CN=C1NC(=O)NC(C)Cc1ccc(-c2ncn(-c3ccc(OC(F)(F)F)cc3)n2)cc1. The van der Waals surface area contributed by atoms with Gasteiger partial charge in [-0.25, -0.2) is 24.4 Å². The zero-order valence-electron chi connectivity index (χ0n) is 23.5. The molecular weight excluding hydrogens is 563 g/mol. The molecule has 0 aliphatic carbocycles. The van der Waals surface area contributed by atoms with Gasteiger partial charge in [0.05, 0.1) is 11.4 Å². The van der Waals surface area contributed by atoms with E-state index in [0.29, 0.717) is 23.6 Å². The molecule has 3 aromatic carbocycles. The van der Waals surface area contributed by atoms with Crippen molar-refractivity contribution in [3.05, 3.63) is 89.7 Å². The van der Waals surface area contributed by atoms with Crippen LogP contribution in [0.2, 0.25) is 0 Å². The maximum Gasteiger partial charge on any atom is 0.573 e. The van der Waals surface area contributed by atoms with Crippen molar-refractivity contribution in [1.82, 2.24) is 25.4 Å². The molecule has 0 bridgehead atoms. The van der Waals surface area contributed by atoms with E-state index in [-0.39, 0.29) is 30.2 Å². The third-order valence-electron chi connectivity index (χ3n) is 6.67. The van der Waals surface area contributed by atoms with E-state index in [2.05, 4.69) is 30.4 Å². The molecule has 1 aromatic heterocycles. The number of hydrogen-bond donors (Lipinski definition) is 2. The molecule has 1 aliphatic heterocycles. The van der Waals surface area contributed by atoms with Gasteiger partial charge in [0.1, 0.15) is 18.6 Å². The van der Waals surface area contributed by atoms with Crippen molar-refractivity contribution in [3.63, 3.8) is 0 Å². The molecule has 1 unspecified atom stereocenters. The standard InChI is InChI=1S/C30H28F3N7O3/c1-18-5-4-6-19(2)26(18)40-25(41)16-34-28(40)37-29(42)36-20(3)15-21-7-9-22(10-8-21)27-35-17-39(38-27)23-11-13-24(14-12-23)43-30(31,32)33/h4-14,17,20H,15-16H2,1-3H3,(H2,34,36,37,42). The number of ether oxygens (including phenoxy) is 1. The van der Waals surface area contributed by atoms with Crippen LogP contribution in [0.25, 0.3) is 17.1 Å². The third-order valence-corrected chi connectivity index (χ3v) is 6.67. The second-order valence-electron chi connectivity index (χ2n) is 10.1. The number of hydrogen-bond acceptors (Lipinski definition) is 6. The van der Waals surface area contributed by atoms with Crippen molar-refractivity contribution in [2.24, 2.45) is 4.99 Å². The quantitative estimate of drug-likeness (QED) is 0.311. The minimum absolute atomic E-state index is 0.0401. The van der Waals surface area contributed by atoms with Crippen molar-refractivity contribution in [2.45, 2.75) is 39.6 Å². The highest BCUT2D eigenvalue weighted by Crippen LogP contribution is 2.27. The van der Waals surface area contributed by atoms with Crippen LogP contribution in [-0.4, -0.2) is 51.6 Å². The summed E-state index contributed by atoms with van der Waals surface area (Å²) in [4.78, 5) is 35.3. The molecule has 0 saturated carbocycles. The average molecular weight is 592 g/mol. The molecule has 5 rings (SSSR count). The predicted octanol–water partition coefficient (Wildman–Crippen LogP) is 5.08. The molecule has 2 heterocycles. The number of carbonyl (C=O) groups excluding carboxylic acids is 2. The number of guanidine groups is 1. The number of carbonyl (C=O) groups is 2. The van der Waals surface area contributed by atoms with Crippen LogP contribution in [0.5, 0.6) is 5.75 Å². The Labute approximate surface area is 245 Å². The molecule has 0 saturated heterocycles. The Morgan fingerprint density at radius 1 is 1.02 bits per heavy atom. The lowest BCUT2D eigenvalue weighted by molar-refractivity contribution is -0.274. The number of nitrogens with one attached hydrogen (secondary N) is 2. The summed E-state index contributed by atoms with van der Waals surface area (Å²) in [5, 5.41) is 10.0. The van der Waals surface area contributed by atoms with Crippen LogP contribution in [0.1, 0.15) is 23.6 Å². The Kier molecular flexibility index (Phi) is 8.15. The molecule has 0 fully saturated rings. The molecule has 1 aliphatic rings. The van der Waals surface area contributed by atoms with Gasteiger partial charge in [0.15, 0.2) is 5.82 Å². The number of nitrogens with zero attached hydrogens (tertiary/aromatic N) is 5. The first-order valence-corrected chi connectivity index (χ1v) is 13.3. The first-order valence-electron chi connectivity index (χ1n) is 13.3. The van der Waals surface area contributed by atoms with Crippen LogP contribution >= 0.6 is 0 Å². The number of anilines is 1. The number of urea groups is 1. The topological polar surface area (TPSA) is 114 Å². The number of aliphatic imine (C=N–C) groups is 1. The highest BCUT2D eigenvalue weighted by Gasteiger charge is 2.31. The summed E-state index contributed by atoms with van der Waals surface area (Å²) in [5.74, 6) is 0.0886. The van der Waals surface area contributed by atoms with E-state index < -0.39 is 12.4 Å². The van der Waals surface area contributed by atoms with Gasteiger partial charge < -0.3 is 10.1 Å². The fourth-order valence-corrected chi connectivity index (χ4v) is 4.76. The lowest BCUT2D eigenvalue weighted by Crippen LogP contribution is -2.50. The van der Waals surface area contributed by atoms with Gasteiger partial charge in [0, 0.05) is 11.6 Å². The van der Waals surface area contributed by atoms with E-state index in [9.17, 15) is 22.8 Å². The number of aryl methyl sites for hydroxylation is 2. The van der Waals surface area contributed by atoms with Crippen LogP contribution in [0.3, 0.4) is 0 Å². The van der Waals surface area contributed by atoms with Gasteiger partial charge in [-0.1, -0.05) is 42.5 Å². The minimum Gasteiger partial charge on any atom is -0.406 e.